The fourth-order valence-electron chi connectivity index (χ4n) is 4.18. The van der Waals surface area contributed by atoms with Gasteiger partial charge >= 0.3 is 0 Å². The molecule has 2 aliphatic rings. The summed E-state index contributed by atoms with van der Waals surface area (Å²) in [6.07, 6.45) is 8.58. The van der Waals surface area contributed by atoms with E-state index in [1.54, 1.807) is 31.0 Å². The van der Waals surface area contributed by atoms with E-state index in [9.17, 15) is 0 Å². The third kappa shape index (κ3) is 2.90. The number of nitrogens with zero attached hydrogens (tertiary/aromatic N) is 4. The van der Waals surface area contributed by atoms with Gasteiger partial charge < -0.3 is 15.2 Å². The molecular weight excluding hydrogens is 426 g/mol. The first kappa shape index (κ1) is 18.8. The molecule has 0 fully saturated rings. The quantitative estimate of drug-likeness (QED) is 0.490. The monoisotopic (exact) mass is 441 g/mol. The number of aliphatic imine (C=N–C) groups is 1. The van der Waals surface area contributed by atoms with Crippen LogP contribution in [0.4, 0.5) is 0 Å². The average Bonchev–Trinajstić information content (AvgIpc) is 3.22. The lowest BCUT2D eigenvalue weighted by atomic mass is 9.80. The molecule has 0 amide bonds. The van der Waals surface area contributed by atoms with Crippen molar-refractivity contribution in [2.75, 3.05) is 6.61 Å². The van der Waals surface area contributed by atoms with Gasteiger partial charge in [-0.05, 0) is 42.0 Å². The first-order chi connectivity index (χ1) is 15.6. The fraction of sp³-hybridized carbons (Fsp3) is 0.0833. The molecule has 7 nitrogen and oxygen atoms in total. The predicted molar refractivity (Wildman–Crippen MR) is 121 cm³/mol. The van der Waals surface area contributed by atoms with Gasteiger partial charge in [0.05, 0.1) is 16.9 Å². The summed E-state index contributed by atoms with van der Waals surface area (Å²) in [5, 5.41) is 0.565. The minimum absolute atomic E-state index is 0.137. The highest BCUT2D eigenvalue weighted by atomic mass is 35.5. The lowest BCUT2D eigenvalue weighted by Gasteiger charge is -2.33. The van der Waals surface area contributed by atoms with Crippen molar-refractivity contribution in [1.29, 1.82) is 0 Å². The Labute approximate surface area is 188 Å². The van der Waals surface area contributed by atoms with Crippen molar-refractivity contribution < 1.29 is 9.47 Å². The van der Waals surface area contributed by atoms with E-state index in [2.05, 4.69) is 15.0 Å². The largest absolute Gasteiger partial charge is 0.462 e. The smallest absolute Gasteiger partial charge is 0.283 e. The van der Waals surface area contributed by atoms with Gasteiger partial charge in [-0.2, -0.15) is 0 Å². The van der Waals surface area contributed by atoms with Crippen LogP contribution in [0.3, 0.4) is 0 Å². The van der Waals surface area contributed by atoms with Crippen molar-refractivity contribution in [2.24, 2.45) is 10.7 Å². The zero-order valence-electron chi connectivity index (χ0n) is 16.7. The van der Waals surface area contributed by atoms with Crippen LogP contribution in [0.15, 0.2) is 78.4 Å². The number of hydrogen-bond donors (Lipinski definition) is 1. The Hall–Kier alpha value is -3.97. The molecule has 1 spiro atoms. The summed E-state index contributed by atoms with van der Waals surface area (Å²) in [5.41, 5.74) is 10.3. The Kier molecular flexibility index (Phi) is 4.13. The molecule has 4 aromatic rings. The van der Waals surface area contributed by atoms with Gasteiger partial charge in [-0.25, -0.2) is 4.99 Å². The van der Waals surface area contributed by atoms with E-state index in [-0.39, 0.29) is 12.6 Å². The molecule has 0 aliphatic carbocycles. The van der Waals surface area contributed by atoms with Crippen LogP contribution in [-0.2, 0) is 10.3 Å². The van der Waals surface area contributed by atoms with Gasteiger partial charge in [0.25, 0.3) is 6.02 Å². The topological polar surface area (TPSA) is 95.5 Å². The van der Waals surface area contributed by atoms with E-state index in [1.807, 2.05) is 42.5 Å². The summed E-state index contributed by atoms with van der Waals surface area (Å²) in [4.78, 5) is 17.7. The molecule has 5 heterocycles. The highest BCUT2D eigenvalue weighted by molar-refractivity contribution is 6.30. The molecule has 1 atom stereocenters. The first-order valence-corrected chi connectivity index (χ1v) is 10.3. The molecule has 8 heteroatoms. The molecule has 0 bridgehead atoms. The number of nitrogens with two attached hydrogens (primary N) is 1. The van der Waals surface area contributed by atoms with Crippen molar-refractivity contribution in [3.63, 3.8) is 0 Å². The van der Waals surface area contributed by atoms with E-state index in [1.165, 1.54) is 0 Å². The second kappa shape index (κ2) is 7.03. The Bertz CT molecular complexity index is 1390. The van der Waals surface area contributed by atoms with E-state index in [4.69, 9.17) is 31.8 Å². The molecule has 0 radical (unpaired) electrons. The first-order valence-electron chi connectivity index (χ1n) is 9.95. The Morgan fingerprint density at radius 1 is 0.875 bits per heavy atom. The lowest BCUT2D eigenvalue weighted by molar-refractivity contribution is 0.264. The number of aromatic nitrogens is 3. The number of fused-ring (bicyclic) bond motifs is 4. The number of amidine groups is 1. The molecule has 32 heavy (non-hydrogen) atoms. The summed E-state index contributed by atoms with van der Waals surface area (Å²) in [5.74, 6) is 1.29. The third-order valence-corrected chi connectivity index (χ3v) is 5.89. The van der Waals surface area contributed by atoms with Gasteiger partial charge in [-0.1, -0.05) is 17.7 Å². The number of halogens is 1. The second-order valence-electron chi connectivity index (χ2n) is 7.61. The van der Waals surface area contributed by atoms with E-state index in [0.29, 0.717) is 16.5 Å². The number of hydrogen-bond acceptors (Lipinski definition) is 7. The molecule has 2 aliphatic heterocycles. The Morgan fingerprint density at radius 3 is 2.53 bits per heavy atom. The van der Waals surface area contributed by atoms with Crippen LogP contribution >= 0.6 is 11.6 Å². The van der Waals surface area contributed by atoms with Crippen LogP contribution in [0.5, 0.6) is 11.5 Å². The SMILES string of the molecule is NC1=N[C@@]2(CO1)c1cc(-c3cncc(Cl)c3)ccc1Oc1cnc(-c3cccnc3)cc12. The Morgan fingerprint density at radius 2 is 1.75 bits per heavy atom. The van der Waals surface area contributed by atoms with Gasteiger partial charge in [0.1, 0.15) is 12.4 Å². The summed E-state index contributed by atoms with van der Waals surface area (Å²) >= 11 is 6.16. The van der Waals surface area contributed by atoms with Gasteiger partial charge in [-0.3, -0.25) is 15.0 Å². The summed E-state index contributed by atoms with van der Waals surface area (Å²) in [6.45, 7) is 0.260. The molecule has 0 saturated heterocycles. The summed E-state index contributed by atoms with van der Waals surface area (Å²) in [7, 11) is 0. The van der Waals surface area contributed by atoms with Crippen LogP contribution in [0.1, 0.15) is 11.1 Å². The third-order valence-electron chi connectivity index (χ3n) is 5.68. The van der Waals surface area contributed by atoms with Crippen LogP contribution in [0.2, 0.25) is 5.02 Å². The van der Waals surface area contributed by atoms with Crippen molar-refractivity contribution in [3.8, 4) is 33.9 Å². The number of rotatable bonds is 2. The maximum atomic E-state index is 6.22. The average molecular weight is 442 g/mol. The molecule has 3 aromatic heterocycles. The molecular formula is C24H16ClN5O2. The second-order valence-corrected chi connectivity index (χ2v) is 8.05. The lowest BCUT2D eigenvalue weighted by Crippen LogP contribution is -2.31. The standard InChI is InChI=1S/C24H16ClN5O2/c25-17-6-16(10-28-11-17)14-3-4-21-18(7-14)24(13-31-23(26)30-24)19-8-20(29-12-22(19)32-21)15-2-1-5-27-9-15/h1-12H,13H2,(H2,26,30)/t24-/m0/s1. The van der Waals surface area contributed by atoms with Gasteiger partial charge in [-0.15, -0.1) is 0 Å². The zero-order chi connectivity index (χ0) is 21.7. The van der Waals surface area contributed by atoms with Crippen molar-refractivity contribution in [3.05, 3.63) is 89.6 Å². The maximum Gasteiger partial charge on any atom is 0.283 e. The molecule has 1 aromatic carbocycles. The van der Waals surface area contributed by atoms with E-state index in [0.717, 1.165) is 33.5 Å². The van der Waals surface area contributed by atoms with Crippen LogP contribution in [0.25, 0.3) is 22.4 Å². The van der Waals surface area contributed by atoms with Crippen molar-refractivity contribution in [2.45, 2.75) is 5.54 Å². The summed E-state index contributed by atoms with van der Waals surface area (Å²) < 4.78 is 11.9. The van der Waals surface area contributed by atoms with Crippen molar-refractivity contribution >= 4 is 17.6 Å². The minimum Gasteiger partial charge on any atom is -0.462 e. The summed E-state index contributed by atoms with van der Waals surface area (Å²) in [6, 6.07) is 13.7. The van der Waals surface area contributed by atoms with E-state index >= 15 is 0 Å². The molecule has 2 N–H and O–H groups in total. The molecule has 156 valence electrons. The normalized spacial score (nSPS) is 18.3. The van der Waals surface area contributed by atoms with Gasteiger partial charge in [0.15, 0.2) is 11.3 Å². The zero-order valence-corrected chi connectivity index (χ0v) is 17.5. The molecule has 0 unspecified atom stereocenters. The van der Waals surface area contributed by atoms with E-state index < -0.39 is 5.54 Å². The number of pyridine rings is 3. The highest BCUT2D eigenvalue weighted by Gasteiger charge is 2.47. The minimum atomic E-state index is -0.852. The molecule has 0 saturated carbocycles. The maximum absolute atomic E-state index is 6.22. The highest BCUT2D eigenvalue weighted by Crippen LogP contribution is 2.52. The number of ether oxygens (including phenoxy) is 2. The van der Waals surface area contributed by atoms with Crippen LogP contribution < -0.4 is 10.5 Å². The number of benzene rings is 1. The fourth-order valence-corrected chi connectivity index (χ4v) is 4.36. The van der Waals surface area contributed by atoms with Gasteiger partial charge in [0, 0.05) is 47.0 Å². The van der Waals surface area contributed by atoms with Gasteiger partial charge in [0.2, 0.25) is 0 Å². The van der Waals surface area contributed by atoms with Crippen LogP contribution in [-0.4, -0.2) is 27.6 Å². The Balaban J connectivity index is 1.55. The molecule has 6 rings (SSSR count). The predicted octanol–water partition coefficient (Wildman–Crippen LogP) is 4.55. The van der Waals surface area contributed by atoms with Crippen molar-refractivity contribution in [1.82, 2.24) is 15.0 Å². The van der Waals surface area contributed by atoms with Crippen LogP contribution in [0, 0.1) is 0 Å².